The van der Waals surface area contributed by atoms with Crippen molar-refractivity contribution in [3.8, 4) is 5.75 Å². The summed E-state index contributed by atoms with van der Waals surface area (Å²) < 4.78 is 5.39. The number of carbonyl (C=O) groups is 5. The number of ether oxygens (including phenoxy) is 1. The molecule has 0 bridgehead atoms. The van der Waals surface area contributed by atoms with Gasteiger partial charge in [-0.25, -0.2) is 14.6 Å². The third kappa shape index (κ3) is 8.54. The van der Waals surface area contributed by atoms with Crippen LogP contribution < -0.4 is 16.1 Å². The third-order valence-corrected chi connectivity index (χ3v) is 8.72. The van der Waals surface area contributed by atoms with Gasteiger partial charge in [-0.15, -0.1) is 23.1 Å². The molecular weight excluding hydrogens is 658 g/mol. The Kier molecular flexibility index (Phi) is 10.4. The number of oxime groups is 1. The zero-order valence-corrected chi connectivity index (χ0v) is 27.7. The number of β-lactam (4-membered cyclic amide) rings is 1. The number of carboxylic acids is 1. The lowest BCUT2D eigenvalue weighted by Crippen LogP contribution is -2.71. The summed E-state index contributed by atoms with van der Waals surface area (Å²) >= 11 is 2.26. The van der Waals surface area contributed by atoms with Crippen LogP contribution in [0.3, 0.4) is 0 Å². The number of hydrogen-bond donors (Lipinski definition) is 5. The maximum atomic E-state index is 13.4. The van der Waals surface area contributed by atoms with Gasteiger partial charge >= 0.3 is 11.9 Å². The monoisotopic (exact) mass is 692 g/mol. The number of thiazole rings is 1. The van der Waals surface area contributed by atoms with E-state index in [2.05, 4.69) is 25.8 Å². The number of likely N-dealkylation sites (N-methyl/N-ethyl adjacent to an activating group) is 1. The van der Waals surface area contributed by atoms with Gasteiger partial charge in [0.15, 0.2) is 16.6 Å². The van der Waals surface area contributed by atoms with Crippen LogP contribution in [-0.4, -0.2) is 115 Å². The molecule has 0 unspecified atom stereocenters. The first-order valence-electron chi connectivity index (χ1n) is 14.0. The molecule has 252 valence electrons. The summed E-state index contributed by atoms with van der Waals surface area (Å²) in [5.41, 5.74) is -0.905. The molecule has 19 heteroatoms. The van der Waals surface area contributed by atoms with Gasteiger partial charge in [0.2, 0.25) is 18.4 Å². The summed E-state index contributed by atoms with van der Waals surface area (Å²) in [6.07, 6.45) is 1.59. The topological polar surface area (TPSA) is 230 Å². The van der Waals surface area contributed by atoms with Gasteiger partial charge in [0.1, 0.15) is 41.5 Å². The average molecular weight is 693 g/mol. The predicted molar refractivity (Wildman–Crippen MR) is 169 cm³/mol. The molecule has 2 aliphatic rings. The number of carbonyl (C=O) groups excluding carboxylic acids is 4. The van der Waals surface area contributed by atoms with Crippen molar-refractivity contribution in [2.75, 3.05) is 38.3 Å². The molecule has 5 N–H and O–H groups in total. The smallest absolute Gasteiger partial charge is 0.352 e. The number of anilines is 1. The van der Waals surface area contributed by atoms with E-state index < -0.39 is 64.3 Å². The molecule has 0 saturated carbocycles. The second-order valence-electron chi connectivity index (χ2n) is 12.2. The van der Waals surface area contributed by atoms with Crippen LogP contribution in [0, 0.1) is 0 Å². The second-order valence-corrected chi connectivity index (χ2v) is 14.1. The van der Waals surface area contributed by atoms with Crippen LogP contribution in [0.25, 0.3) is 0 Å². The average Bonchev–Trinajstić information content (AvgIpc) is 3.42. The number of pyridine rings is 1. The molecule has 0 radical (unpaired) electrons. The van der Waals surface area contributed by atoms with Crippen molar-refractivity contribution < 1.29 is 48.2 Å². The summed E-state index contributed by atoms with van der Waals surface area (Å²) in [6, 6.07) is 0.153. The van der Waals surface area contributed by atoms with Crippen LogP contribution >= 0.6 is 23.1 Å². The van der Waals surface area contributed by atoms with Gasteiger partial charge in [-0.05, 0) is 20.8 Å². The third-order valence-electron chi connectivity index (χ3n) is 6.61. The molecule has 2 aromatic heterocycles. The summed E-state index contributed by atoms with van der Waals surface area (Å²) in [4.78, 5) is 87.1. The van der Waals surface area contributed by atoms with Gasteiger partial charge in [0.25, 0.3) is 11.8 Å². The molecule has 4 heterocycles. The fraction of sp³-hybridized carbons (Fsp3) is 0.429. The molecule has 2 aromatic rings. The molecule has 2 aliphatic heterocycles. The highest BCUT2D eigenvalue weighted by atomic mass is 32.2. The first-order chi connectivity index (χ1) is 22.0. The van der Waals surface area contributed by atoms with E-state index >= 15 is 0 Å². The number of carboxylic acid groups (broad SMARTS) is 1. The summed E-state index contributed by atoms with van der Waals surface area (Å²) in [7, 11) is 3.66. The SMILES string of the molecule is CC(C)(C)OC(=O)CON=C(C(=O)N[C@@H]1C(=O)N2C(C(=O)O)=C(C[N+](C)(C)Cc3cc(=O)c(O)c[nH]3)CS[C@H]12)c1csc(NC=O)n1. The first-order valence-corrected chi connectivity index (χ1v) is 15.9. The van der Waals surface area contributed by atoms with Crippen LogP contribution in [0.1, 0.15) is 32.2 Å². The number of rotatable bonds is 13. The molecule has 17 nitrogen and oxygen atoms in total. The van der Waals surface area contributed by atoms with Crippen LogP contribution in [0.4, 0.5) is 5.13 Å². The molecule has 3 amide bonds. The number of nitrogens with zero attached hydrogens (tertiary/aromatic N) is 4. The van der Waals surface area contributed by atoms with Crippen LogP contribution in [-0.2, 0) is 40.1 Å². The fourth-order valence-corrected chi connectivity index (χ4v) is 6.86. The molecule has 0 aromatic carbocycles. The van der Waals surface area contributed by atoms with E-state index in [0.717, 1.165) is 16.2 Å². The number of thioether (sulfide) groups is 1. The van der Waals surface area contributed by atoms with Crippen molar-refractivity contribution in [3.05, 3.63) is 50.5 Å². The van der Waals surface area contributed by atoms with E-state index in [-0.39, 0.29) is 33.3 Å². The molecular formula is C28H34N7O10S2+. The number of aromatic amines is 1. The molecule has 1 fully saturated rings. The minimum atomic E-state index is -1.31. The number of aromatic nitrogens is 2. The molecule has 0 spiro atoms. The Morgan fingerprint density at radius 2 is 1.98 bits per heavy atom. The summed E-state index contributed by atoms with van der Waals surface area (Å²) in [6.45, 7) is 4.89. The number of H-pyrrole nitrogens is 1. The van der Waals surface area contributed by atoms with Gasteiger partial charge in [0, 0.05) is 29.0 Å². The Bertz CT molecular complexity index is 1710. The first kappa shape index (κ1) is 35.1. The van der Waals surface area contributed by atoms with Gasteiger partial charge in [-0.3, -0.25) is 24.1 Å². The number of hydrogen-bond acceptors (Lipinski definition) is 13. The van der Waals surface area contributed by atoms with Crippen molar-refractivity contribution >= 4 is 64.1 Å². The molecule has 4 rings (SSSR count). The number of quaternary nitrogens is 1. The van der Waals surface area contributed by atoms with E-state index in [1.54, 1.807) is 20.8 Å². The van der Waals surface area contributed by atoms with Gasteiger partial charge in [-0.1, -0.05) is 5.16 Å². The number of nitrogens with one attached hydrogen (secondary N) is 3. The number of fused-ring (bicyclic) bond motifs is 1. The van der Waals surface area contributed by atoms with E-state index in [1.165, 1.54) is 29.4 Å². The quantitative estimate of drug-likeness (QED) is 0.0473. The van der Waals surface area contributed by atoms with Crippen molar-refractivity contribution in [1.82, 2.24) is 20.2 Å². The Morgan fingerprint density at radius 1 is 1.26 bits per heavy atom. The highest BCUT2D eigenvalue weighted by Crippen LogP contribution is 2.41. The van der Waals surface area contributed by atoms with Gasteiger partial charge < -0.3 is 39.9 Å². The van der Waals surface area contributed by atoms with Crippen molar-refractivity contribution in [2.24, 2.45) is 5.16 Å². The Hall–Kier alpha value is -4.75. The summed E-state index contributed by atoms with van der Waals surface area (Å²) in [5, 5.41) is 29.2. The lowest BCUT2D eigenvalue weighted by molar-refractivity contribution is -0.899. The summed E-state index contributed by atoms with van der Waals surface area (Å²) in [5.74, 6) is -3.77. The van der Waals surface area contributed by atoms with Gasteiger partial charge in [-0.2, -0.15) is 0 Å². The number of amides is 3. The highest BCUT2D eigenvalue weighted by Gasteiger charge is 2.55. The molecule has 2 atom stereocenters. The van der Waals surface area contributed by atoms with E-state index in [0.29, 0.717) is 24.2 Å². The maximum Gasteiger partial charge on any atom is 0.352 e. The Labute approximate surface area is 276 Å². The van der Waals surface area contributed by atoms with Crippen LogP contribution in [0.2, 0.25) is 0 Å². The van der Waals surface area contributed by atoms with E-state index in [4.69, 9.17) is 9.57 Å². The van der Waals surface area contributed by atoms with E-state index in [9.17, 15) is 39.0 Å². The number of aromatic hydroxyl groups is 1. The van der Waals surface area contributed by atoms with Crippen molar-refractivity contribution in [3.63, 3.8) is 0 Å². The molecule has 0 aliphatic carbocycles. The van der Waals surface area contributed by atoms with Crippen molar-refractivity contribution in [1.29, 1.82) is 0 Å². The Balaban J connectivity index is 1.51. The van der Waals surface area contributed by atoms with Crippen LogP contribution in [0.5, 0.6) is 5.75 Å². The minimum Gasteiger partial charge on any atom is -0.503 e. The largest absolute Gasteiger partial charge is 0.503 e. The number of aliphatic carboxylic acids is 1. The zero-order valence-electron chi connectivity index (χ0n) is 26.1. The second kappa shape index (κ2) is 13.9. The van der Waals surface area contributed by atoms with E-state index in [1.807, 2.05) is 14.1 Å². The minimum absolute atomic E-state index is 0.00987. The standard InChI is InChI=1S/C28H33N7O10S2/c1-28(2,3)45-19(39)10-44-33-20(16-12-47-27(31-16)30-13-36)23(40)32-21-24(41)34-22(26(42)43)14(11-46-25(21)34)8-35(4,5)9-15-6-17(37)18(38)7-29-15/h6-7,12-13,21,25H,8-11H2,1-5H3,(H4-,29,30,31,32,33,36,37,38,40,42,43)/p+1/t21-,25-/m1/s1. The predicted octanol–water partition coefficient (Wildman–Crippen LogP) is 0.183. The number of esters is 1. The van der Waals surface area contributed by atoms with Crippen molar-refractivity contribution in [2.45, 2.75) is 44.3 Å². The van der Waals surface area contributed by atoms with Gasteiger partial charge in [0.05, 0.1) is 19.8 Å². The molecule has 1 saturated heterocycles. The van der Waals surface area contributed by atoms with Crippen LogP contribution in [0.15, 0.2) is 38.9 Å². The zero-order chi connectivity index (χ0) is 34.7. The normalized spacial score (nSPS) is 18.2. The fourth-order valence-electron chi connectivity index (χ4n) is 4.87. The highest BCUT2D eigenvalue weighted by molar-refractivity contribution is 8.00. The maximum absolute atomic E-state index is 13.4. The Morgan fingerprint density at radius 3 is 2.62 bits per heavy atom. The lowest BCUT2D eigenvalue weighted by atomic mass is 10.0. The molecule has 47 heavy (non-hydrogen) atoms. The lowest BCUT2D eigenvalue weighted by Gasteiger charge is -2.49.